The SMILES string of the molecule is CC[C@H](C)[C@H](NC(=O)[C@H](Cc1ccccc1)NC(=O)[C@@H](N)CCSC)C(=O)N[C@@H](CO)C(=O)N[C@@H](CCC(=O)O)C(=O)NCC(=O)N[C@@H](CCC(N)=O)C(=O)N[C@@H](Cc1ccccc1)C(=O)O. The minimum Gasteiger partial charge on any atom is -0.481 e. The molecule has 0 unspecified atom stereocenters. The zero-order chi connectivity index (χ0) is 50.1. The summed E-state index contributed by atoms with van der Waals surface area (Å²) in [5.41, 5.74) is 12.6. The first-order valence-electron chi connectivity index (χ1n) is 21.5. The monoisotopic (exact) mass is 957 g/mol. The first-order chi connectivity index (χ1) is 31.8. The van der Waals surface area contributed by atoms with Crippen molar-refractivity contribution in [1.29, 1.82) is 0 Å². The molecule has 2 aromatic carbocycles. The average molecular weight is 958 g/mol. The third kappa shape index (κ3) is 21.1. The molecular weight excluding hydrogens is 895 g/mol. The summed E-state index contributed by atoms with van der Waals surface area (Å²) in [5.74, 6) is -9.94. The highest BCUT2D eigenvalue weighted by Gasteiger charge is 2.34. The number of thioether (sulfide) groups is 1. The number of primary amides is 1. The van der Waals surface area contributed by atoms with Gasteiger partial charge >= 0.3 is 11.9 Å². The number of rotatable bonds is 31. The van der Waals surface area contributed by atoms with Gasteiger partial charge in [-0.1, -0.05) is 80.9 Å². The smallest absolute Gasteiger partial charge is 0.326 e. The fourth-order valence-corrected chi connectivity index (χ4v) is 6.84. The van der Waals surface area contributed by atoms with Gasteiger partial charge in [0.2, 0.25) is 47.3 Å². The number of carbonyl (C=O) groups is 10. The van der Waals surface area contributed by atoms with E-state index in [4.69, 9.17) is 11.5 Å². The number of aliphatic carboxylic acids is 2. The highest BCUT2D eigenvalue weighted by Crippen LogP contribution is 2.12. The summed E-state index contributed by atoms with van der Waals surface area (Å²) >= 11 is 1.50. The molecule has 22 nitrogen and oxygen atoms in total. The molecule has 14 N–H and O–H groups in total. The van der Waals surface area contributed by atoms with Crippen molar-refractivity contribution in [1.82, 2.24) is 37.2 Å². The van der Waals surface area contributed by atoms with Crippen molar-refractivity contribution < 1.29 is 63.3 Å². The van der Waals surface area contributed by atoms with E-state index in [9.17, 15) is 63.3 Å². The van der Waals surface area contributed by atoms with Crippen LogP contribution in [0.15, 0.2) is 60.7 Å². The van der Waals surface area contributed by atoms with Gasteiger partial charge in [0.15, 0.2) is 0 Å². The lowest BCUT2D eigenvalue weighted by Crippen LogP contribution is -2.61. The molecular formula is C44H63N9O13S. The molecule has 0 fully saturated rings. The fourth-order valence-electron chi connectivity index (χ4n) is 6.35. The lowest BCUT2D eigenvalue weighted by molar-refractivity contribution is -0.142. The Balaban J connectivity index is 2.20. The lowest BCUT2D eigenvalue weighted by Gasteiger charge is -2.29. The molecule has 0 aliphatic rings. The van der Waals surface area contributed by atoms with E-state index in [-0.39, 0.29) is 19.3 Å². The van der Waals surface area contributed by atoms with Gasteiger partial charge in [-0.2, -0.15) is 11.8 Å². The number of hydrogen-bond acceptors (Lipinski definition) is 13. The van der Waals surface area contributed by atoms with Crippen LogP contribution in [0.2, 0.25) is 0 Å². The minimum absolute atomic E-state index is 0.0409. The molecule has 368 valence electrons. The highest BCUT2D eigenvalue weighted by atomic mass is 32.2. The number of amides is 8. The fraction of sp³-hybridized carbons (Fsp3) is 0.500. The van der Waals surface area contributed by atoms with Crippen molar-refractivity contribution in [2.45, 2.75) is 108 Å². The van der Waals surface area contributed by atoms with Crippen LogP contribution >= 0.6 is 11.8 Å². The standard InChI is InChI=1S/C44H63N9O13S/c1-4-25(2)37(53-41(62)31(21-26-11-7-5-8-12-26)50-38(59)28(45)19-20-67-3)43(64)52-33(24-54)42(63)49-29(16-18-36(57)58)39(60)47-23-35(56)48-30(15-17-34(46)55)40(61)51-32(44(65)66)22-27-13-9-6-10-14-27/h5-14,25,28-33,37,54H,4,15-24,45H2,1-3H3,(H2,46,55)(H,47,60)(H,48,56)(H,49,63)(H,50,59)(H,51,61)(H,52,64)(H,53,62)(H,57,58)(H,65,66)/t25-,28-,29-,30-,31-,32-,33-,37-/m0/s1. The second-order valence-electron chi connectivity index (χ2n) is 15.7. The molecule has 67 heavy (non-hydrogen) atoms. The Kier molecular flexibility index (Phi) is 25.2. The number of benzene rings is 2. The lowest BCUT2D eigenvalue weighted by atomic mass is 9.96. The molecule has 0 heterocycles. The molecule has 8 amide bonds. The van der Waals surface area contributed by atoms with Crippen molar-refractivity contribution in [3.8, 4) is 0 Å². The molecule has 0 bridgehead atoms. The predicted molar refractivity (Wildman–Crippen MR) is 245 cm³/mol. The predicted octanol–water partition coefficient (Wildman–Crippen LogP) is -2.17. The van der Waals surface area contributed by atoms with Gasteiger partial charge in [-0.05, 0) is 48.3 Å². The van der Waals surface area contributed by atoms with Gasteiger partial charge in [-0.3, -0.25) is 43.2 Å². The highest BCUT2D eigenvalue weighted by molar-refractivity contribution is 7.98. The van der Waals surface area contributed by atoms with E-state index in [2.05, 4.69) is 37.2 Å². The summed E-state index contributed by atoms with van der Waals surface area (Å²) < 4.78 is 0. The van der Waals surface area contributed by atoms with Gasteiger partial charge in [0.25, 0.3) is 0 Å². The zero-order valence-corrected chi connectivity index (χ0v) is 38.5. The molecule has 0 spiro atoms. The number of aliphatic hydroxyl groups is 1. The topological polar surface area (TPSA) is 368 Å². The number of carboxylic acid groups (broad SMARTS) is 2. The van der Waals surface area contributed by atoms with Crippen molar-refractivity contribution in [3.05, 3.63) is 71.8 Å². The summed E-state index contributed by atoms with van der Waals surface area (Å²) in [6.45, 7) is 1.52. The van der Waals surface area contributed by atoms with Gasteiger partial charge in [-0.25, -0.2) is 4.79 Å². The maximum atomic E-state index is 13.8. The molecule has 0 aliphatic heterocycles. The Morgan fingerprint density at radius 2 is 1.10 bits per heavy atom. The van der Waals surface area contributed by atoms with Crippen LogP contribution in [0.4, 0.5) is 0 Å². The summed E-state index contributed by atoms with van der Waals surface area (Å²) in [6.07, 6.45) is 0.564. The largest absolute Gasteiger partial charge is 0.481 e. The molecule has 0 saturated heterocycles. The zero-order valence-electron chi connectivity index (χ0n) is 37.7. The van der Waals surface area contributed by atoms with Crippen LogP contribution in [-0.2, 0) is 60.8 Å². The van der Waals surface area contributed by atoms with E-state index in [0.29, 0.717) is 29.7 Å². The third-order valence-electron chi connectivity index (χ3n) is 10.4. The second-order valence-corrected chi connectivity index (χ2v) is 16.7. The molecule has 8 atom stereocenters. The van der Waals surface area contributed by atoms with Gasteiger partial charge in [-0.15, -0.1) is 0 Å². The van der Waals surface area contributed by atoms with Crippen LogP contribution in [0.3, 0.4) is 0 Å². The molecule has 0 aromatic heterocycles. The van der Waals surface area contributed by atoms with Crippen LogP contribution in [0, 0.1) is 5.92 Å². The molecule has 2 aromatic rings. The van der Waals surface area contributed by atoms with Gasteiger partial charge in [0, 0.05) is 25.7 Å². The molecule has 0 aliphatic carbocycles. The van der Waals surface area contributed by atoms with E-state index < -0.39 is 140 Å². The molecule has 0 radical (unpaired) electrons. The Bertz CT molecular complexity index is 2000. The number of carbonyl (C=O) groups excluding carboxylic acids is 8. The third-order valence-corrected chi connectivity index (χ3v) is 11.1. The average Bonchev–Trinajstić information content (AvgIpc) is 3.30. The Hall–Kier alpha value is -6.59. The van der Waals surface area contributed by atoms with E-state index in [0.717, 1.165) is 0 Å². The van der Waals surface area contributed by atoms with Crippen LogP contribution < -0.4 is 48.7 Å². The Morgan fingerprint density at radius 1 is 0.612 bits per heavy atom. The van der Waals surface area contributed by atoms with Crippen molar-refractivity contribution in [3.63, 3.8) is 0 Å². The van der Waals surface area contributed by atoms with E-state index in [1.165, 1.54) is 11.8 Å². The van der Waals surface area contributed by atoms with Crippen molar-refractivity contribution in [2.75, 3.05) is 25.2 Å². The summed E-state index contributed by atoms with van der Waals surface area (Å²) in [6, 6.07) is 7.45. The minimum atomic E-state index is -1.74. The van der Waals surface area contributed by atoms with Crippen LogP contribution in [0.1, 0.15) is 63.5 Å². The van der Waals surface area contributed by atoms with Crippen molar-refractivity contribution >= 4 is 71.0 Å². The molecule has 2 rings (SSSR count). The quantitative estimate of drug-likeness (QED) is 0.0383. The maximum absolute atomic E-state index is 13.8. The van der Waals surface area contributed by atoms with Gasteiger partial charge < -0.3 is 64.0 Å². The van der Waals surface area contributed by atoms with Crippen LogP contribution in [0.5, 0.6) is 0 Å². The van der Waals surface area contributed by atoms with Gasteiger partial charge in [0.05, 0.1) is 19.2 Å². The number of aliphatic hydroxyl groups excluding tert-OH is 1. The van der Waals surface area contributed by atoms with E-state index in [1.807, 2.05) is 6.26 Å². The van der Waals surface area contributed by atoms with E-state index >= 15 is 0 Å². The summed E-state index contributed by atoms with van der Waals surface area (Å²) in [7, 11) is 0. The second kappa shape index (κ2) is 29.8. The number of carboxylic acids is 2. The van der Waals surface area contributed by atoms with Gasteiger partial charge in [0.1, 0.15) is 36.3 Å². The Morgan fingerprint density at radius 3 is 1.63 bits per heavy atom. The number of hydrogen-bond donors (Lipinski definition) is 12. The first kappa shape index (κ1) is 56.5. The number of nitrogens with two attached hydrogens (primary N) is 2. The molecule has 23 heteroatoms. The summed E-state index contributed by atoms with van der Waals surface area (Å²) in [4.78, 5) is 129. The van der Waals surface area contributed by atoms with Crippen LogP contribution in [0.25, 0.3) is 0 Å². The Labute approximate surface area is 392 Å². The molecule has 0 saturated carbocycles. The number of nitrogens with one attached hydrogen (secondary N) is 7. The maximum Gasteiger partial charge on any atom is 0.326 e. The normalized spacial score (nSPS) is 14.5. The van der Waals surface area contributed by atoms with Crippen LogP contribution in [-0.4, -0.2) is 142 Å². The van der Waals surface area contributed by atoms with Crippen molar-refractivity contribution in [2.24, 2.45) is 17.4 Å². The van der Waals surface area contributed by atoms with E-state index in [1.54, 1.807) is 74.5 Å². The summed E-state index contributed by atoms with van der Waals surface area (Å²) in [5, 5.41) is 46.1. The first-order valence-corrected chi connectivity index (χ1v) is 22.9.